The van der Waals surface area contributed by atoms with E-state index in [1.807, 2.05) is 18.2 Å². The second-order valence-electron chi connectivity index (χ2n) is 11.6. The highest BCUT2D eigenvalue weighted by molar-refractivity contribution is 6.35. The Balaban J connectivity index is 1.37. The molecule has 10 heteroatoms. The number of anilines is 1. The van der Waals surface area contributed by atoms with Gasteiger partial charge in [-0.05, 0) is 70.0 Å². The van der Waals surface area contributed by atoms with E-state index in [4.69, 9.17) is 26.3 Å². The van der Waals surface area contributed by atoms with E-state index in [9.17, 15) is 4.39 Å². The van der Waals surface area contributed by atoms with Gasteiger partial charge in [-0.2, -0.15) is 15.1 Å². The molecule has 3 aliphatic heterocycles. The molecule has 3 atom stereocenters. The van der Waals surface area contributed by atoms with Crippen LogP contribution in [0, 0.1) is 12.7 Å². The second kappa shape index (κ2) is 9.68. The summed E-state index contributed by atoms with van der Waals surface area (Å²) in [6, 6.07) is 6.36. The molecule has 3 saturated heterocycles. The lowest BCUT2D eigenvalue weighted by Gasteiger charge is -2.40. The minimum atomic E-state index is -0.318. The first-order chi connectivity index (χ1) is 19.3. The van der Waals surface area contributed by atoms with Crippen LogP contribution in [0.3, 0.4) is 0 Å². The first kappa shape index (κ1) is 25.7. The molecule has 3 fully saturated rings. The van der Waals surface area contributed by atoms with Crippen LogP contribution in [0.1, 0.15) is 31.2 Å². The van der Waals surface area contributed by atoms with E-state index in [0.717, 1.165) is 61.9 Å². The standard InChI is InChI=1S/C30H33ClFN7O/c1-4-30-8-7-18(36-30)14-39(16-30)28-21-10-23(31)20(27-17(2)24(32)12-26-22(27)13-33-37-26)11-25(21)34-29(35-28)40-15-19-6-5-9-38(19)3/h4,10-13,18-19,36H,1,5-9,14-16H2,2-3H3,(H,33,37). The van der Waals surface area contributed by atoms with Gasteiger partial charge in [-0.3, -0.25) is 5.10 Å². The fraction of sp³-hybridized carbons (Fsp3) is 0.433. The third-order valence-corrected chi connectivity index (χ3v) is 9.38. The van der Waals surface area contributed by atoms with Crippen LogP contribution in [0.4, 0.5) is 10.2 Å². The first-order valence-electron chi connectivity index (χ1n) is 14.0. The number of piperazine rings is 1. The summed E-state index contributed by atoms with van der Waals surface area (Å²) in [5.74, 6) is 0.485. The van der Waals surface area contributed by atoms with Gasteiger partial charge in [0, 0.05) is 52.1 Å². The van der Waals surface area contributed by atoms with Gasteiger partial charge in [0.05, 0.1) is 22.8 Å². The summed E-state index contributed by atoms with van der Waals surface area (Å²) in [7, 11) is 2.13. The van der Waals surface area contributed by atoms with Crippen molar-refractivity contribution in [3.8, 4) is 17.1 Å². The van der Waals surface area contributed by atoms with Crippen LogP contribution in [-0.2, 0) is 0 Å². The average Bonchev–Trinajstić information content (AvgIpc) is 3.66. The number of ether oxygens (including phenoxy) is 1. The summed E-state index contributed by atoms with van der Waals surface area (Å²) < 4.78 is 21.2. The minimum absolute atomic E-state index is 0.150. The lowest BCUT2D eigenvalue weighted by molar-refractivity contribution is 0.188. The van der Waals surface area contributed by atoms with Crippen molar-refractivity contribution in [2.75, 3.05) is 38.2 Å². The molecular formula is C30H33ClFN7O. The maximum absolute atomic E-state index is 15.0. The number of likely N-dealkylation sites (N-methyl/N-ethyl adjacent to an activating group) is 1. The van der Waals surface area contributed by atoms with Gasteiger partial charge in [0.1, 0.15) is 18.2 Å². The molecule has 0 saturated carbocycles. The number of likely N-dealkylation sites (tertiary alicyclic amines) is 1. The largest absolute Gasteiger partial charge is 0.462 e. The first-order valence-corrected chi connectivity index (χ1v) is 14.3. The number of aromatic amines is 1. The van der Waals surface area contributed by atoms with E-state index >= 15 is 0 Å². The van der Waals surface area contributed by atoms with Gasteiger partial charge < -0.3 is 19.9 Å². The molecule has 2 aromatic carbocycles. The molecule has 3 aliphatic rings. The maximum atomic E-state index is 15.0. The molecular weight excluding hydrogens is 529 g/mol. The highest BCUT2D eigenvalue weighted by atomic mass is 35.5. The van der Waals surface area contributed by atoms with Crippen molar-refractivity contribution < 1.29 is 9.13 Å². The Bertz CT molecular complexity index is 1640. The van der Waals surface area contributed by atoms with E-state index in [1.54, 1.807) is 13.1 Å². The Hall–Kier alpha value is -3.27. The van der Waals surface area contributed by atoms with Crippen molar-refractivity contribution in [3.05, 3.63) is 53.5 Å². The Labute approximate surface area is 237 Å². The van der Waals surface area contributed by atoms with Crippen LogP contribution >= 0.6 is 11.6 Å². The number of fused-ring (bicyclic) bond motifs is 4. The Morgan fingerprint density at radius 1 is 1.25 bits per heavy atom. The molecule has 0 radical (unpaired) electrons. The smallest absolute Gasteiger partial charge is 0.319 e. The van der Waals surface area contributed by atoms with Gasteiger partial charge in [0.2, 0.25) is 0 Å². The van der Waals surface area contributed by atoms with Gasteiger partial charge in [-0.15, -0.1) is 6.58 Å². The van der Waals surface area contributed by atoms with Crippen LogP contribution in [-0.4, -0.2) is 76.0 Å². The SMILES string of the molecule is C=CC12CCC(CN(c3nc(OCC4CCCN4C)nc4cc(-c5c(C)c(F)cc6[nH]ncc56)c(Cl)cc34)C1)N2. The van der Waals surface area contributed by atoms with Crippen molar-refractivity contribution in [2.24, 2.45) is 0 Å². The molecule has 8 nitrogen and oxygen atoms in total. The fourth-order valence-electron chi connectivity index (χ4n) is 6.78. The summed E-state index contributed by atoms with van der Waals surface area (Å²) in [4.78, 5) is 14.5. The molecule has 0 amide bonds. The molecule has 7 rings (SSSR count). The maximum Gasteiger partial charge on any atom is 0.319 e. The monoisotopic (exact) mass is 561 g/mol. The zero-order chi connectivity index (χ0) is 27.6. The number of H-pyrrole nitrogens is 1. The lowest BCUT2D eigenvalue weighted by Crippen LogP contribution is -2.58. The quantitative estimate of drug-likeness (QED) is 0.311. The molecule has 40 heavy (non-hydrogen) atoms. The van der Waals surface area contributed by atoms with Crippen LogP contribution in [0.5, 0.6) is 6.01 Å². The van der Waals surface area contributed by atoms with E-state index in [0.29, 0.717) is 57.4 Å². The van der Waals surface area contributed by atoms with Crippen LogP contribution in [0.15, 0.2) is 37.1 Å². The van der Waals surface area contributed by atoms with Crippen molar-refractivity contribution in [1.29, 1.82) is 0 Å². The predicted octanol–water partition coefficient (Wildman–Crippen LogP) is 5.24. The highest BCUT2D eigenvalue weighted by Gasteiger charge is 2.43. The van der Waals surface area contributed by atoms with Crippen LogP contribution in [0.25, 0.3) is 32.9 Å². The fourth-order valence-corrected chi connectivity index (χ4v) is 7.04. The zero-order valence-electron chi connectivity index (χ0n) is 22.8. The third kappa shape index (κ3) is 4.22. The van der Waals surface area contributed by atoms with E-state index in [2.05, 4.69) is 38.9 Å². The van der Waals surface area contributed by atoms with Crippen LogP contribution < -0.4 is 15.0 Å². The summed E-state index contributed by atoms with van der Waals surface area (Å²) in [5.41, 5.74) is 3.09. The topological polar surface area (TPSA) is 82.2 Å². The number of nitrogens with zero attached hydrogens (tertiary/aromatic N) is 5. The van der Waals surface area contributed by atoms with Crippen LogP contribution in [0.2, 0.25) is 5.02 Å². The molecule has 0 aliphatic carbocycles. The predicted molar refractivity (Wildman–Crippen MR) is 157 cm³/mol. The van der Waals surface area contributed by atoms with Gasteiger partial charge in [-0.1, -0.05) is 17.7 Å². The van der Waals surface area contributed by atoms with E-state index < -0.39 is 0 Å². The van der Waals surface area contributed by atoms with Crippen molar-refractivity contribution in [3.63, 3.8) is 0 Å². The summed E-state index contributed by atoms with van der Waals surface area (Å²) in [6.07, 6.45) is 8.13. The Kier molecular flexibility index (Phi) is 6.21. The van der Waals surface area contributed by atoms with Crippen molar-refractivity contribution >= 4 is 39.2 Å². The molecule has 0 spiro atoms. The number of nitrogens with one attached hydrogen (secondary N) is 2. The number of aromatic nitrogens is 4. The summed E-state index contributed by atoms with van der Waals surface area (Å²) in [5, 5.41) is 12.9. The molecule has 5 heterocycles. The molecule has 2 aromatic heterocycles. The number of benzene rings is 2. The molecule has 208 valence electrons. The molecule has 3 unspecified atom stereocenters. The number of hydrogen-bond acceptors (Lipinski definition) is 7. The number of halogens is 2. The van der Waals surface area contributed by atoms with E-state index in [-0.39, 0.29) is 11.4 Å². The highest BCUT2D eigenvalue weighted by Crippen LogP contribution is 2.42. The number of rotatable bonds is 6. The molecule has 2 bridgehead atoms. The van der Waals surface area contributed by atoms with Gasteiger partial charge in [-0.25, -0.2) is 4.39 Å². The Morgan fingerprint density at radius 3 is 2.92 bits per heavy atom. The van der Waals surface area contributed by atoms with Gasteiger partial charge in [0.15, 0.2) is 0 Å². The normalized spacial score (nSPS) is 24.9. The van der Waals surface area contributed by atoms with Crippen molar-refractivity contribution in [2.45, 2.75) is 50.2 Å². The number of hydrogen-bond donors (Lipinski definition) is 2. The van der Waals surface area contributed by atoms with Crippen molar-refractivity contribution in [1.82, 2.24) is 30.4 Å². The van der Waals surface area contributed by atoms with Gasteiger partial charge in [0.25, 0.3) is 0 Å². The average molecular weight is 562 g/mol. The minimum Gasteiger partial charge on any atom is -0.462 e. The zero-order valence-corrected chi connectivity index (χ0v) is 23.6. The van der Waals surface area contributed by atoms with E-state index in [1.165, 1.54) is 6.07 Å². The third-order valence-electron chi connectivity index (χ3n) is 9.07. The summed E-state index contributed by atoms with van der Waals surface area (Å²) in [6.45, 7) is 9.07. The van der Waals surface area contributed by atoms with Gasteiger partial charge >= 0.3 is 6.01 Å². The molecule has 2 N–H and O–H groups in total. The summed E-state index contributed by atoms with van der Waals surface area (Å²) >= 11 is 6.98. The lowest BCUT2D eigenvalue weighted by atomic mass is 9.95. The Morgan fingerprint density at radius 2 is 2.12 bits per heavy atom. The molecule has 4 aromatic rings. The second-order valence-corrected chi connectivity index (χ2v) is 12.0.